The molecule has 3 unspecified atom stereocenters. The SMILES string of the molecule is CC1CC2Nc3ccc(S(=O)(=O)c4cccc(F)c4)cc3[C@H]2CC(C)N1. The summed E-state index contributed by atoms with van der Waals surface area (Å²) in [6.07, 6.45) is 1.95. The number of benzene rings is 2. The van der Waals surface area contributed by atoms with Crippen molar-refractivity contribution >= 4 is 15.5 Å². The van der Waals surface area contributed by atoms with Gasteiger partial charge < -0.3 is 10.6 Å². The lowest BCUT2D eigenvalue weighted by molar-refractivity contribution is 0.468. The van der Waals surface area contributed by atoms with Crippen molar-refractivity contribution in [1.82, 2.24) is 5.32 Å². The van der Waals surface area contributed by atoms with Gasteiger partial charge in [-0.1, -0.05) is 6.07 Å². The van der Waals surface area contributed by atoms with Gasteiger partial charge >= 0.3 is 0 Å². The molecule has 2 aromatic carbocycles. The molecule has 4 atom stereocenters. The first-order chi connectivity index (χ1) is 12.3. The molecule has 4 rings (SSSR count). The molecule has 1 fully saturated rings. The number of nitrogens with one attached hydrogen (secondary N) is 2. The van der Waals surface area contributed by atoms with Crippen LogP contribution in [0.5, 0.6) is 0 Å². The maximum atomic E-state index is 13.5. The summed E-state index contributed by atoms with van der Waals surface area (Å²) in [5.41, 5.74) is 2.06. The average molecular weight is 374 g/mol. The van der Waals surface area contributed by atoms with Crippen molar-refractivity contribution in [2.24, 2.45) is 0 Å². The molecule has 0 aromatic heterocycles. The molecule has 26 heavy (non-hydrogen) atoms. The number of anilines is 1. The van der Waals surface area contributed by atoms with E-state index in [1.165, 1.54) is 18.2 Å². The number of fused-ring (bicyclic) bond motifs is 3. The quantitative estimate of drug-likeness (QED) is 0.842. The molecule has 6 heteroatoms. The highest BCUT2D eigenvalue weighted by molar-refractivity contribution is 7.91. The van der Waals surface area contributed by atoms with Crippen LogP contribution in [0.2, 0.25) is 0 Å². The Morgan fingerprint density at radius 3 is 2.50 bits per heavy atom. The van der Waals surface area contributed by atoms with Crippen LogP contribution in [0.1, 0.15) is 38.2 Å². The predicted octanol–water partition coefficient (Wildman–Crippen LogP) is 3.70. The van der Waals surface area contributed by atoms with Gasteiger partial charge in [-0.15, -0.1) is 0 Å². The number of rotatable bonds is 2. The topological polar surface area (TPSA) is 58.2 Å². The van der Waals surface area contributed by atoms with E-state index >= 15 is 0 Å². The normalized spacial score (nSPS) is 28.0. The van der Waals surface area contributed by atoms with Gasteiger partial charge in [0.15, 0.2) is 0 Å². The number of sulfone groups is 1. The largest absolute Gasteiger partial charge is 0.381 e. The van der Waals surface area contributed by atoms with Gasteiger partial charge in [0.25, 0.3) is 0 Å². The maximum absolute atomic E-state index is 13.5. The second-order valence-corrected chi connectivity index (χ2v) is 9.46. The van der Waals surface area contributed by atoms with E-state index in [0.717, 1.165) is 30.2 Å². The Balaban J connectivity index is 1.74. The van der Waals surface area contributed by atoms with Crippen LogP contribution < -0.4 is 10.6 Å². The van der Waals surface area contributed by atoms with E-state index in [-0.39, 0.29) is 15.7 Å². The molecule has 2 aromatic rings. The van der Waals surface area contributed by atoms with Gasteiger partial charge in [0.2, 0.25) is 9.84 Å². The zero-order valence-electron chi connectivity index (χ0n) is 14.9. The lowest BCUT2D eigenvalue weighted by Crippen LogP contribution is -2.33. The molecular formula is C20H23FN2O2S. The number of hydrogen-bond acceptors (Lipinski definition) is 4. The Labute approximate surface area is 153 Å². The molecule has 0 saturated carbocycles. The molecule has 0 amide bonds. The van der Waals surface area contributed by atoms with Crippen LogP contribution in [-0.2, 0) is 9.84 Å². The highest BCUT2D eigenvalue weighted by atomic mass is 32.2. The van der Waals surface area contributed by atoms with Gasteiger partial charge in [-0.05, 0) is 68.7 Å². The van der Waals surface area contributed by atoms with Crippen molar-refractivity contribution in [2.75, 3.05) is 5.32 Å². The fourth-order valence-electron chi connectivity index (χ4n) is 4.33. The van der Waals surface area contributed by atoms with Crippen LogP contribution in [0.15, 0.2) is 52.3 Å². The molecule has 4 nitrogen and oxygen atoms in total. The summed E-state index contributed by atoms with van der Waals surface area (Å²) in [5, 5.41) is 7.14. The summed E-state index contributed by atoms with van der Waals surface area (Å²) in [7, 11) is -3.74. The molecule has 138 valence electrons. The van der Waals surface area contributed by atoms with E-state index in [0.29, 0.717) is 18.1 Å². The smallest absolute Gasteiger partial charge is 0.206 e. The number of hydrogen-bond donors (Lipinski definition) is 2. The van der Waals surface area contributed by atoms with E-state index in [4.69, 9.17) is 0 Å². The Bertz CT molecular complexity index is 945. The first-order valence-electron chi connectivity index (χ1n) is 9.02. The van der Waals surface area contributed by atoms with Crippen molar-refractivity contribution in [2.45, 2.75) is 60.5 Å². The van der Waals surface area contributed by atoms with Crippen molar-refractivity contribution in [3.05, 3.63) is 53.8 Å². The molecule has 0 aliphatic carbocycles. The van der Waals surface area contributed by atoms with Crippen LogP contribution in [0.25, 0.3) is 0 Å². The van der Waals surface area contributed by atoms with E-state index in [1.54, 1.807) is 12.1 Å². The Kier molecular flexibility index (Phi) is 4.28. The summed E-state index contributed by atoms with van der Waals surface area (Å²) in [4.78, 5) is 0.215. The Hall–Kier alpha value is -1.92. The van der Waals surface area contributed by atoms with Crippen LogP contribution in [0.4, 0.5) is 10.1 Å². The standard InChI is InChI=1S/C20H23FN2O2S/c1-12-8-17-18-11-16(26(24,25)15-5-3-4-14(21)10-15)6-7-19(18)23-20(17)9-13(2)22-12/h3-7,10-13,17,20,22-23H,8-9H2,1-2H3/t12?,13?,17-,20?/m1/s1. The minimum Gasteiger partial charge on any atom is -0.381 e. The highest BCUT2D eigenvalue weighted by Crippen LogP contribution is 2.43. The Morgan fingerprint density at radius 2 is 1.73 bits per heavy atom. The predicted molar refractivity (Wildman–Crippen MR) is 99.7 cm³/mol. The third kappa shape index (κ3) is 3.01. The minimum absolute atomic E-state index is 0.00974. The third-order valence-electron chi connectivity index (χ3n) is 5.45. The minimum atomic E-state index is -3.74. The van der Waals surface area contributed by atoms with Crippen LogP contribution >= 0.6 is 0 Å². The van der Waals surface area contributed by atoms with Gasteiger partial charge in [0.05, 0.1) is 9.79 Å². The fourth-order valence-corrected chi connectivity index (χ4v) is 5.66. The van der Waals surface area contributed by atoms with Gasteiger partial charge in [-0.2, -0.15) is 0 Å². The summed E-state index contributed by atoms with van der Waals surface area (Å²) in [5.74, 6) is -0.272. The van der Waals surface area contributed by atoms with Crippen molar-refractivity contribution in [1.29, 1.82) is 0 Å². The van der Waals surface area contributed by atoms with Crippen molar-refractivity contribution in [3.8, 4) is 0 Å². The zero-order valence-corrected chi connectivity index (χ0v) is 15.7. The van der Waals surface area contributed by atoms with Crippen LogP contribution in [-0.4, -0.2) is 26.5 Å². The summed E-state index contributed by atoms with van der Waals surface area (Å²) in [6.45, 7) is 4.35. The van der Waals surface area contributed by atoms with Gasteiger partial charge in [0, 0.05) is 29.7 Å². The molecule has 2 aliphatic heterocycles. The third-order valence-corrected chi connectivity index (χ3v) is 7.20. The molecule has 2 N–H and O–H groups in total. The fraction of sp³-hybridized carbons (Fsp3) is 0.400. The summed E-state index contributed by atoms with van der Waals surface area (Å²) >= 11 is 0. The van der Waals surface area contributed by atoms with E-state index in [1.807, 2.05) is 6.07 Å². The Morgan fingerprint density at radius 1 is 1.00 bits per heavy atom. The monoisotopic (exact) mass is 374 g/mol. The highest BCUT2D eigenvalue weighted by Gasteiger charge is 2.37. The molecule has 0 bridgehead atoms. The van der Waals surface area contributed by atoms with E-state index in [9.17, 15) is 12.8 Å². The summed E-state index contributed by atoms with van der Waals surface area (Å²) in [6, 6.07) is 11.5. The van der Waals surface area contributed by atoms with Gasteiger partial charge in [-0.3, -0.25) is 0 Å². The molecular weight excluding hydrogens is 351 g/mol. The second kappa shape index (κ2) is 6.35. The molecule has 2 heterocycles. The van der Waals surface area contributed by atoms with Crippen LogP contribution in [0, 0.1) is 5.82 Å². The van der Waals surface area contributed by atoms with Crippen molar-refractivity contribution in [3.63, 3.8) is 0 Å². The van der Waals surface area contributed by atoms with Crippen molar-refractivity contribution < 1.29 is 12.8 Å². The molecule has 1 saturated heterocycles. The lowest BCUT2D eigenvalue weighted by atomic mass is 9.88. The number of halogens is 1. The van der Waals surface area contributed by atoms with Gasteiger partial charge in [-0.25, -0.2) is 12.8 Å². The van der Waals surface area contributed by atoms with E-state index < -0.39 is 15.7 Å². The van der Waals surface area contributed by atoms with E-state index in [2.05, 4.69) is 24.5 Å². The molecule has 2 aliphatic rings. The average Bonchev–Trinajstić information content (AvgIpc) is 2.83. The maximum Gasteiger partial charge on any atom is 0.206 e. The zero-order chi connectivity index (χ0) is 18.5. The van der Waals surface area contributed by atoms with Gasteiger partial charge in [0.1, 0.15) is 5.82 Å². The first-order valence-corrected chi connectivity index (χ1v) is 10.5. The second-order valence-electron chi connectivity index (χ2n) is 7.51. The lowest BCUT2D eigenvalue weighted by Gasteiger charge is -2.18. The summed E-state index contributed by atoms with van der Waals surface area (Å²) < 4.78 is 39.4. The molecule has 0 radical (unpaired) electrons. The van der Waals surface area contributed by atoms with Crippen LogP contribution in [0.3, 0.4) is 0 Å². The first kappa shape index (κ1) is 17.5. The molecule has 0 spiro atoms.